The molecule has 0 unspecified atom stereocenters. The highest BCUT2D eigenvalue weighted by atomic mass is 35.5. The number of carboxylic acids is 1. The van der Waals surface area contributed by atoms with Gasteiger partial charge in [-0.2, -0.15) is 0 Å². The van der Waals surface area contributed by atoms with E-state index in [9.17, 15) is 4.79 Å². The maximum absolute atomic E-state index is 11.0. The number of rotatable bonds is 5. The van der Waals surface area contributed by atoms with Crippen molar-refractivity contribution >= 4 is 23.3 Å². The predicted molar refractivity (Wildman–Crippen MR) is 66.2 cm³/mol. The van der Waals surface area contributed by atoms with E-state index in [-0.39, 0.29) is 5.56 Å². The summed E-state index contributed by atoms with van der Waals surface area (Å²) in [6.07, 6.45) is 2.49. The van der Waals surface area contributed by atoms with Crippen LogP contribution in [0.1, 0.15) is 23.2 Å². The molecule has 1 fully saturated rings. The number of hydrogen-bond donors (Lipinski definition) is 2. The van der Waals surface area contributed by atoms with E-state index in [1.54, 1.807) is 6.07 Å². The largest absolute Gasteiger partial charge is 0.496 e. The molecule has 0 amide bonds. The van der Waals surface area contributed by atoms with Crippen LogP contribution in [0, 0.1) is 5.92 Å². The molecule has 0 radical (unpaired) electrons. The van der Waals surface area contributed by atoms with Gasteiger partial charge in [0.25, 0.3) is 0 Å². The third-order valence-electron chi connectivity index (χ3n) is 2.80. The first-order valence-corrected chi connectivity index (χ1v) is 5.84. The zero-order valence-electron chi connectivity index (χ0n) is 9.50. The van der Waals surface area contributed by atoms with Crippen LogP contribution in [0.3, 0.4) is 0 Å². The Kier molecular flexibility index (Phi) is 3.43. The highest BCUT2D eigenvalue weighted by Crippen LogP contribution is 2.33. The lowest BCUT2D eigenvalue weighted by Crippen LogP contribution is -2.06. The lowest BCUT2D eigenvalue weighted by atomic mass is 10.1. The number of ether oxygens (including phenoxy) is 1. The van der Waals surface area contributed by atoms with Gasteiger partial charge in [0, 0.05) is 12.6 Å². The van der Waals surface area contributed by atoms with E-state index in [1.807, 2.05) is 0 Å². The van der Waals surface area contributed by atoms with Gasteiger partial charge in [-0.25, -0.2) is 4.79 Å². The molecular formula is C12H14ClNO3. The van der Waals surface area contributed by atoms with Gasteiger partial charge < -0.3 is 15.2 Å². The van der Waals surface area contributed by atoms with Crippen LogP contribution in [0.25, 0.3) is 0 Å². The Morgan fingerprint density at radius 2 is 2.29 bits per heavy atom. The first kappa shape index (κ1) is 12.0. The van der Waals surface area contributed by atoms with Crippen LogP contribution in [-0.4, -0.2) is 24.7 Å². The molecule has 1 aliphatic rings. The van der Waals surface area contributed by atoms with Gasteiger partial charge in [0.15, 0.2) is 0 Å². The first-order chi connectivity index (χ1) is 8.11. The fraction of sp³-hybridized carbons (Fsp3) is 0.417. The monoisotopic (exact) mass is 255 g/mol. The minimum Gasteiger partial charge on any atom is -0.496 e. The van der Waals surface area contributed by atoms with Crippen molar-refractivity contribution in [3.8, 4) is 5.75 Å². The lowest BCUT2D eigenvalue weighted by Gasteiger charge is -2.12. The number of halogens is 1. The van der Waals surface area contributed by atoms with Gasteiger partial charge >= 0.3 is 5.97 Å². The Bertz CT molecular complexity index is 444. The molecule has 0 atom stereocenters. The van der Waals surface area contributed by atoms with E-state index in [2.05, 4.69) is 5.32 Å². The average molecular weight is 256 g/mol. The fourth-order valence-electron chi connectivity index (χ4n) is 1.60. The number of benzene rings is 1. The molecule has 0 aromatic heterocycles. The summed E-state index contributed by atoms with van der Waals surface area (Å²) < 4.78 is 5.05. The molecule has 0 aliphatic heterocycles. The summed E-state index contributed by atoms with van der Waals surface area (Å²) in [6.45, 7) is 0.870. The van der Waals surface area contributed by atoms with Crippen LogP contribution in [0.4, 0.5) is 5.69 Å². The number of carboxylic acid groups (broad SMARTS) is 1. The van der Waals surface area contributed by atoms with Crippen molar-refractivity contribution in [2.24, 2.45) is 5.92 Å². The van der Waals surface area contributed by atoms with E-state index in [0.717, 1.165) is 18.2 Å². The zero-order valence-corrected chi connectivity index (χ0v) is 10.3. The second-order valence-corrected chi connectivity index (χ2v) is 4.57. The minimum absolute atomic E-state index is 0.0782. The van der Waals surface area contributed by atoms with E-state index < -0.39 is 5.97 Å². The van der Waals surface area contributed by atoms with Crippen molar-refractivity contribution < 1.29 is 14.6 Å². The van der Waals surface area contributed by atoms with Gasteiger partial charge in [-0.1, -0.05) is 11.6 Å². The van der Waals surface area contributed by atoms with Crippen LogP contribution < -0.4 is 10.1 Å². The van der Waals surface area contributed by atoms with Crippen LogP contribution in [0.2, 0.25) is 5.02 Å². The maximum atomic E-state index is 11.0. The number of hydrogen-bond acceptors (Lipinski definition) is 3. The number of methoxy groups -OCH3 is 1. The molecule has 1 aromatic rings. The molecule has 2 N–H and O–H groups in total. The number of carbonyl (C=O) groups is 1. The van der Waals surface area contributed by atoms with Crippen LogP contribution in [0.15, 0.2) is 12.1 Å². The van der Waals surface area contributed by atoms with E-state index in [0.29, 0.717) is 10.8 Å². The Labute approximate surface area is 105 Å². The summed E-state index contributed by atoms with van der Waals surface area (Å²) in [4.78, 5) is 11.0. The molecule has 0 bridgehead atoms. The molecule has 17 heavy (non-hydrogen) atoms. The molecule has 5 heteroatoms. The summed E-state index contributed by atoms with van der Waals surface area (Å²) in [5.74, 6) is -0.00565. The first-order valence-electron chi connectivity index (χ1n) is 5.46. The Balaban J connectivity index is 2.23. The fourth-order valence-corrected chi connectivity index (χ4v) is 1.83. The molecule has 4 nitrogen and oxygen atoms in total. The van der Waals surface area contributed by atoms with Gasteiger partial charge in [-0.05, 0) is 24.8 Å². The second kappa shape index (κ2) is 4.84. The summed E-state index contributed by atoms with van der Waals surface area (Å²) >= 11 is 6.02. The third kappa shape index (κ3) is 2.82. The van der Waals surface area contributed by atoms with E-state index in [4.69, 9.17) is 21.4 Å². The quantitative estimate of drug-likeness (QED) is 0.849. The van der Waals surface area contributed by atoms with Crippen molar-refractivity contribution in [2.45, 2.75) is 12.8 Å². The van der Waals surface area contributed by atoms with Gasteiger partial charge in [0.2, 0.25) is 0 Å². The SMILES string of the molecule is COc1cc(NCC2CC2)c(Cl)cc1C(=O)O. The van der Waals surface area contributed by atoms with E-state index in [1.165, 1.54) is 26.0 Å². The normalized spacial score (nSPS) is 14.5. The summed E-state index contributed by atoms with van der Waals surface area (Å²) in [5, 5.41) is 12.6. The summed E-state index contributed by atoms with van der Waals surface area (Å²) in [6, 6.07) is 3.05. The van der Waals surface area contributed by atoms with Crippen LogP contribution in [0.5, 0.6) is 5.75 Å². The number of anilines is 1. The van der Waals surface area contributed by atoms with Crippen molar-refractivity contribution in [3.63, 3.8) is 0 Å². The highest BCUT2D eigenvalue weighted by molar-refractivity contribution is 6.33. The van der Waals surface area contributed by atoms with Crippen LogP contribution >= 0.6 is 11.6 Å². The molecule has 0 saturated heterocycles. The third-order valence-corrected chi connectivity index (χ3v) is 3.11. The van der Waals surface area contributed by atoms with Crippen molar-refractivity contribution in [1.82, 2.24) is 0 Å². The molecule has 1 aliphatic carbocycles. The molecule has 2 rings (SSSR count). The number of nitrogens with one attached hydrogen (secondary N) is 1. The predicted octanol–water partition coefficient (Wildman–Crippen LogP) is 2.87. The molecule has 92 valence electrons. The molecule has 1 aromatic carbocycles. The van der Waals surface area contributed by atoms with Crippen molar-refractivity contribution in [3.05, 3.63) is 22.7 Å². The smallest absolute Gasteiger partial charge is 0.339 e. The Hall–Kier alpha value is -1.42. The molecular weight excluding hydrogens is 242 g/mol. The standard InChI is InChI=1S/C12H14ClNO3/c1-17-11-5-10(14-6-7-2-3-7)9(13)4-8(11)12(15)16/h4-5,7,14H,2-3,6H2,1H3,(H,15,16). The van der Waals surface area contributed by atoms with Gasteiger partial charge in [0.1, 0.15) is 11.3 Å². The maximum Gasteiger partial charge on any atom is 0.339 e. The van der Waals surface area contributed by atoms with Gasteiger partial charge in [-0.15, -0.1) is 0 Å². The van der Waals surface area contributed by atoms with Crippen LogP contribution in [-0.2, 0) is 0 Å². The zero-order chi connectivity index (χ0) is 12.4. The Morgan fingerprint density at radius 1 is 1.59 bits per heavy atom. The number of aromatic carboxylic acids is 1. The van der Waals surface area contributed by atoms with Crippen molar-refractivity contribution in [1.29, 1.82) is 0 Å². The van der Waals surface area contributed by atoms with Crippen molar-refractivity contribution in [2.75, 3.05) is 19.0 Å². The molecule has 0 heterocycles. The minimum atomic E-state index is -1.04. The summed E-state index contributed by atoms with van der Waals surface area (Å²) in [7, 11) is 1.44. The Morgan fingerprint density at radius 3 is 2.82 bits per heavy atom. The second-order valence-electron chi connectivity index (χ2n) is 4.16. The lowest BCUT2D eigenvalue weighted by molar-refractivity contribution is 0.0693. The average Bonchev–Trinajstić information content (AvgIpc) is 3.10. The highest BCUT2D eigenvalue weighted by Gasteiger charge is 2.21. The summed E-state index contributed by atoms with van der Waals surface area (Å²) in [5.41, 5.74) is 0.801. The molecule has 1 saturated carbocycles. The van der Waals surface area contributed by atoms with Gasteiger partial charge in [-0.3, -0.25) is 0 Å². The topological polar surface area (TPSA) is 58.6 Å². The molecule has 0 spiro atoms. The van der Waals surface area contributed by atoms with Gasteiger partial charge in [0.05, 0.1) is 17.8 Å². The van der Waals surface area contributed by atoms with E-state index >= 15 is 0 Å².